The average molecular weight is 222 g/mol. The fourth-order valence-corrected chi connectivity index (χ4v) is 1.39. The van der Waals surface area contributed by atoms with Crippen LogP contribution in [0.25, 0.3) is 11.0 Å². The summed E-state index contributed by atoms with van der Waals surface area (Å²) in [5.41, 5.74) is 7.64. The van der Waals surface area contributed by atoms with Gasteiger partial charge in [0.1, 0.15) is 0 Å². The van der Waals surface area contributed by atoms with E-state index in [1.807, 2.05) is 13.8 Å². The van der Waals surface area contributed by atoms with Crippen LogP contribution < -0.4 is 11.1 Å². The van der Waals surface area contributed by atoms with Crippen LogP contribution in [0.15, 0.2) is 16.8 Å². The van der Waals surface area contributed by atoms with Crippen molar-refractivity contribution in [3.05, 3.63) is 12.1 Å². The molecule has 2 rings (SSSR count). The second kappa shape index (κ2) is 3.64. The first kappa shape index (κ1) is 10.7. The molecule has 0 amide bonds. The van der Waals surface area contributed by atoms with Crippen LogP contribution in [0.1, 0.15) is 13.8 Å². The minimum Gasteiger partial charge on any atom is -0.397 e. The third kappa shape index (κ3) is 1.79. The number of nitrogen functional groups attached to an aromatic ring is 1. The van der Waals surface area contributed by atoms with Gasteiger partial charge < -0.3 is 16.2 Å². The molecule has 6 nitrogen and oxygen atoms in total. The molecule has 0 spiro atoms. The van der Waals surface area contributed by atoms with Crippen LogP contribution >= 0.6 is 0 Å². The van der Waals surface area contributed by atoms with E-state index >= 15 is 0 Å². The molecule has 2 aromatic rings. The molecule has 0 saturated heterocycles. The summed E-state index contributed by atoms with van der Waals surface area (Å²) < 4.78 is 4.65. The number of benzene rings is 1. The Hall–Kier alpha value is -1.82. The summed E-state index contributed by atoms with van der Waals surface area (Å²) in [6, 6.07) is 3.52. The topological polar surface area (TPSA) is 97.2 Å². The first-order chi connectivity index (χ1) is 7.53. The lowest BCUT2D eigenvalue weighted by molar-refractivity contribution is 0.234. The van der Waals surface area contributed by atoms with Crippen molar-refractivity contribution in [2.24, 2.45) is 0 Å². The minimum atomic E-state index is -0.442. The highest BCUT2D eigenvalue weighted by atomic mass is 16.6. The van der Waals surface area contributed by atoms with E-state index < -0.39 is 5.54 Å². The van der Waals surface area contributed by atoms with E-state index in [9.17, 15) is 5.11 Å². The maximum atomic E-state index is 9.19. The van der Waals surface area contributed by atoms with Crippen molar-refractivity contribution >= 4 is 22.4 Å². The average Bonchev–Trinajstić information content (AvgIpc) is 2.72. The van der Waals surface area contributed by atoms with E-state index in [1.54, 1.807) is 12.1 Å². The first-order valence-corrected chi connectivity index (χ1v) is 4.93. The molecule has 0 aliphatic heterocycles. The molecule has 16 heavy (non-hydrogen) atoms. The zero-order chi connectivity index (χ0) is 11.8. The number of nitrogens with one attached hydrogen (secondary N) is 1. The summed E-state index contributed by atoms with van der Waals surface area (Å²) in [5, 5.41) is 19.9. The highest BCUT2D eigenvalue weighted by Crippen LogP contribution is 2.27. The highest BCUT2D eigenvalue weighted by molar-refractivity contribution is 5.95. The molecule has 6 heteroatoms. The van der Waals surface area contributed by atoms with Gasteiger partial charge in [0.05, 0.1) is 23.5 Å². The Morgan fingerprint density at radius 3 is 2.75 bits per heavy atom. The van der Waals surface area contributed by atoms with Gasteiger partial charge in [0.2, 0.25) is 0 Å². The fraction of sp³-hybridized carbons (Fsp3) is 0.400. The van der Waals surface area contributed by atoms with Gasteiger partial charge in [-0.25, -0.2) is 4.63 Å². The lowest BCUT2D eigenvalue weighted by atomic mass is 10.1. The van der Waals surface area contributed by atoms with Crippen molar-refractivity contribution in [2.75, 3.05) is 17.7 Å². The Labute approximate surface area is 92.4 Å². The predicted molar refractivity (Wildman–Crippen MR) is 61.0 cm³/mol. The van der Waals surface area contributed by atoms with Crippen molar-refractivity contribution < 1.29 is 9.74 Å². The molecule has 0 bridgehead atoms. The van der Waals surface area contributed by atoms with Crippen molar-refractivity contribution in [1.29, 1.82) is 0 Å². The SMILES string of the molecule is CC(C)(CO)Nc1ccc(N)c2nonc12. The number of nitrogens with zero attached hydrogens (tertiary/aromatic N) is 2. The largest absolute Gasteiger partial charge is 0.397 e. The maximum Gasteiger partial charge on any atom is 0.160 e. The lowest BCUT2D eigenvalue weighted by Gasteiger charge is -2.24. The van der Waals surface area contributed by atoms with Gasteiger partial charge in [-0.2, -0.15) is 0 Å². The predicted octanol–water partition coefficient (Wildman–Crippen LogP) is 0.988. The van der Waals surface area contributed by atoms with E-state index in [0.29, 0.717) is 16.7 Å². The van der Waals surface area contributed by atoms with E-state index in [4.69, 9.17) is 5.73 Å². The Bertz CT molecular complexity index is 506. The van der Waals surface area contributed by atoms with Gasteiger partial charge in [-0.3, -0.25) is 0 Å². The van der Waals surface area contributed by atoms with Crippen LogP contribution in [-0.4, -0.2) is 27.6 Å². The Kier molecular flexibility index (Phi) is 2.43. The van der Waals surface area contributed by atoms with Gasteiger partial charge in [-0.1, -0.05) is 0 Å². The number of rotatable bonds is 3. The molecule has 1 heterocycles. The summed E-state index contributed by atoms with van der Waals surface area (Å²) in [4.78, 5) is 0. The normalized spacial score (nSPS) is 11.9. The van der Waals surface area contributed by atoms with E-state index in [2.05, 4.69) is 20.3 Å². The zero-order valence-electron chi connectivity index (χ0n) is 9.19. The first-order valence-electron chi connectivity index (χ1n) is 4.93. The van der Waals surface area contributed by atoms with Crippen LogP contribution in [0.2, 0.25) is 0 Å². The van der Waals surface area contributed by atoms with Gasteiger partial charge in [0.15, 0.2) is 11.0 Å². The molecule has 0 saturated carbocycles. The number of aromatic nitrogens is 2. The van der Waals surface area contributed by atoms with Crippen LogP contribution in [-0.2, 0) is 0 Å². The monoisotopic (exact) mass is 222 g/mol. The Morgan fingerprint density at radius 1 is 1.38 bits per heavy atom. The second-order valence-corrected chi connectivity index (χ2v) is 4.33. The van der Waals surface area contributed by atoms with Gasteiger partial charge >= 0.3 is 0 Å². The summed E-state index contributed by atoms with van der Waals surface area (Å²) in [5.74, 6) is 0. The molecule has 86 valence electrons. The minimum absolute atomic E-state index is 0.00412. The third-order valence-corrected chi connectivity index (χ3v) is 2.31. The molecule has 0 atom stereocenters. The lowest BCUT2D eigenvalue weighted by Crippen LogP contribution is -2.34. The van der Waals surface area contributed by atoms with Crippen molar-refractivity contribution in [2.45, 2.75) is 19.4 Å². The molecular formula is C10H14N4O2. The summed E-state index contributed by atoms with van der Waals surface area (Å²) in [6.45, 7) is 3.76. The molecule has 4 N–H and O–H groups in total. The third-order valence-electron chi connectivity index (χ3n) is 2.31. The number of hydrogen-bond donors (Lipinski definition) is 3. The van der Waals surface area contributed by atoms with E-state index in [-0.39, 0.29) is 6.61 Å². The Balaban J connectivity index is 2.46. The number of hydrogen-bond acceptors (Lipinski definition) is 6. The van der Waals surface area contributed by atoms with Gasteiger partial charge in [0.25, 0.3) is 0 Å². The van der Waals surface area contributed by atoms with Crippen LogP contribution in [0.4, 0.5) is 11.4 Å². The molecule has 0 aliphatic carbocycles. The molecule has 0 radical (unpaired) electrons. The zero-order valence-corrected chi connectivity index (χ0v) is 9.19. The molecule has 0 fully saturated rings. The second-order valence-electron chi connectivity index (χ2n) is 4.33. The van der Waals surface area contributed by atoms with Crippen LogP contribution in [0.3, 0.4) is 0 Å². The van der Waals surface area contributed by atoms with Crippen molar-refractivity contribution in [3.8, 4) is 0 Å². The van der Waals surface area contributed by atoms with Crippen molar-refractivity contribution in [1.82, 2.24) is 10.3 Å². The number of aliphatic hydroxyl groups is 1. The quantitative estimate of drug-likeness (QED) is 0.670. The number of aliphatic hydroxyl groups excluding tert-OH is 1. The number of fused-ring (bicyclic) bond motifs is 1. The molecule has 1 aromatic carbocycles. The standard InChI is InChI=1S/C10H14N4O2/c1-10(2,5-15)12-7-4-3-6(11)8-9(7)14-16-13-8/h3-4,12,15H,5,11H2,1-2H3. The van der Waals surface area contributed by atoms with Gasteiger partial charge in [0, 0.05) is 0 Å². The maximum absolute atomic E-state index is 9.19. The van der Waals surface area contributed by atoms with Gasteiger partial charge in [-0.15, -0.1) is 0 Å². The van der Waals surface area contributed by atoms with Crippen molar-refractivity contribution in [3.63, 3.8) is 0 Å². The van der Waals surface area contributed by atoms with E-state index in [1.165, 1.54) is 0 Å². The number of nitrogens with two attached hydrogens (primary N) is 1. The van der Waals surface area contributed by atoms with Crippen LogP contribution in [0, 0.1) is 0 Å². The smallest absolute Gasteiger partial charge is 0.160 e. The van der Waals surface area contributed by atoms with E-state index in [0.717, 1.165) is 5.69 Å². The summed E-state index contributed by atoms with van der Waals surface area (Å²) in [6.07, 6.45) is 0. The van der Waals surface area contributed by atoms with Crippen LogP contribution in [0.5, 0.6) is 0 Å². The summed E-state index contributed by atoms with van der Waals surface area (Å²) in [7, 11) is 0. The highest BCUT2D eigenvalue weighted by Gasteiger charge is 2.19. The molecule has 0 aliphatic rings. The molecular weight excluding hydrogens is 208 g/mol. The van der Waals surface area contributed by atoms with Gasteiger partial charge in [-0.05, 0) is 36.3 Å². The number of anilines is 2. The fourth-order valence-electron chi connectivity index (χ4n) is 1.39. The molecule has 0 unspecified atom stereocenters. The summed E-state index contributed by atoms with van der Waals surface area (Å²) >= 11 is 0. The molecule has 1 aromatic heterocycles. The Morgan fingerprint density at radius 2 is 2.06 bits per heavy atom.